The summed E-state index contributed by atoms with van der Waals surface area (Å²) in [6.07, 6.45) is 0. The normalized spacial score (nSPS) is 10.8. The summed E-state index contributed by atoms with van der Waals surface area (Å²) >= 11 is 12.1. The van der Waals surface area contributed by atoms with Crippen molar-refractivity contribution in [3.05, 3.63) is 69.8 Å². The third-order valence-corrected chi connectivity index (χ3v) is 3.93. The van der Waals surface area contributed by atoms with Gasteiger partial charge in [-0.2, -0.15) is 0 Å². The molecule has 4 heteroatoms. The second-order valence-electron chi connectivity index (χ2n) is 4.92. The number of halogens is 2. The van der Waals surface area contributed by atoms with Crippen LogP contribution in [0.2, 0.25) is 10.0 Å². The van der Waals surface area contributed by atoms with Gasteiger partial charge in [0.2, 0.25) is 0 Å². The average molecular weight is 317 g/mol. The van der Waals surface area contributed by atoms with Gasteiger partial charge in [0.15, 0.2) is 0 Å². The molecule has 106 valence electrons. The molecule has 0 saturated heterocycles. The minimum Gasteiger partial charge on any atom is -0.379 e. The van der Waals surface area contributed by atoms with Crippen molar-refractivity contribution in [1.82, 2.24) is 4.98 Å². The van der Waals surface area contributed by atoms with Gasteiger partial charge in [-0.15, -0.1) is 0 Å². The van der Waals surface area contributed by atoms with Crippen molar-refractivity contribution < 1.29 is 0 Å². The summed E-state index contributed by atoms with van der Waals surface area (Å²) in [6.45, 7) is 2.62. The van der Waals surface area contributed by atoms with Crippen LogP contribution in [-0.2, 0) is 6.54 Å². The molecule has 1 N–H and O–H groups in total. The molecule has 2 aromatic carbocycles. The van der Waals surface area contributed by atoms with E-state index in [0.717, 1.165) is 27.8 Å². The van der Waals surface area contributed by atoms with Crippen LogP contribution in [0.15, 0.2) is 48.5 Å². The number of anilines is 1. The van der Waals surface area contributed by atoms with Gasteiger partial charge in [-0.3, -0.25) is 4.98 Å². The van der Waals surface area contributed by atoms with Crippen LogP contribution in [0, 0.1) is 6.92 Å². The summed E-state index contributed by atoms with van der Waals surface area (Å²) in [5.74, 6) is 0. The number of benzene rings is 2. The van der Waals surface area contributed by atoms with E-state index in [1.54, 1.807) is 6.07 Å². The van der Waals surface area contributed by atoms with Crippen molar-refractivity contribution in [2.75, 3.05) is 5.32 Å². The predicted molar refractivity (Wildman–Crippen MR) is 90.3 cm³/mol. The Balaban J connectivity index is 1.90. The monoisotopic (exact) mass is 316 g/mol. The van der Waals surface area contributed by atoms with Crippen molar-refractivity contribution >= 4 is 39.8 Å². The first-order valence-corrected chi connectivity index (χ1v) is 7.43. The minimum atomic E-state index is 0.630. The first-order valence-electron chi connectivity index (χ1n) is 6.68. The maximum Gasteiger partial charge on any atom is 0.0936 e. The van der Waals surface area contributed by atoms with Crippen molar-refractivity contribution in [2.24, 2.45) is 0 Å². The fourth-order valence-corrected chi connectivity index (χ4v) is 2.72. The lowest BCUT2D eigenvalue weighted by Gasteiger charge is -2.11. The molecule has 0 spiro atoms. The van der Waals surface area contributed by atoms with Gasteiger partial charge < -0.3 is 5.32 Å². The number of aromatic nitrogens is 1. The molecule has 3 rings (SSSR count). The zero-order valence-electron chi connectivity index (χ0n) is 11.5. The average Bonchev–Trinajstić information content (AvgIpc) is 2.46. The molecule has 0 bridgehead atoms. The van der Waals surface area contributed by atoms with E-state index >= 15 is 0 Å². The van der Waals surface area contributed by atoms with Gasteiger partial charge in [0.25, 0.3) is 0 Å². The van der Waals surface area contributed by atoms with Crippen LogP contribution in [0.3, 0.4) is 0 Å². The Morgan fingerprint density at radius 3 is 2.71 bits per heavy atom. The van der Waals surface area contributed by atoms with E-state index in [1.807, 2.05) is 37.3 Å². The van der Waals surface area contributed by atoms with Gasteiger partial charge in [-0.05, 0) is 36.8 Å². The van der Waals surface area contributed by atoms with E-state index in [1.165, 1.54) is 0 Å². The zero-order chi connectivity index (χ0) is 14.8. The maximum atomic E-state index is 6.20. The summed E-state index contributed by atoms with van der Waals surface area (Å²) in [6, 6.07) is 15.7. The molecule has 0 aliphatic rings. The number of fused-ring (bicyclic) bond motifs is 1. The van der Waals surface area contributed by atoms with E-state index in [-0.39, 0.29) is 0 Å². The van der Waals surface area contributed by atoms with Crippen LogP contribution in [0.5, 0.6) is 0 Å². The molecule has 1 aromatic heterocycles. The van der Waals surface area contributed by atoms with Crippen LogP contribution in [0.4, 0.5) is 5.69 Å². The molecule has 1 heterocycles. The largest absolute Gasteiger partial charge is 0.379 e. The smallest absolute Gasteiger partial charge is 0.0936 e. The molecular formula is C17H14Cl2N2. The summed E-state index contributed by atoms with van der Waals surface area (Å²) in [7, 11) is 0. The Kier molecular flexibility index (Phi) is 4.00. The molecule has 3 aromatic rings. The van der Waals surface area contributed by atoms with Crippen LogP contribution < -0.4 is 5.32 Å². The second-order valence-corrected chi connectivity index (χ2v) is 5.76. The first-order chi connectivity index (χ1) is 10.1. The SMILES string of the molecule is Cc1ccc2cccc(NCc3ccc(Cl)cc3Cl)c2n1. The Hall–Kier alpha value is -1.77. The number of pyridine rings is 1. The fraction of sp³-hybridized carbons (Fsp3) is 0.118. The van der Waals surface area contributed by atoms with E-state index in [4.69, 9.17) is 23.2 Å². The zero-order valence-corrected chi connectivity index (χ0v) is 13.0. The topological polar surface area (TPSA) is 24.9 Å². The highest BCUT2D eigenvalue weighted by Gasteiger charge is 2.05. The van der Waals surface area contributed by atoms with Gasteiger partial charge >= 0.3 is 0 Å². The van der Waals surface area contributed by atoms with E-state index in [2.05, 4.69) is 22.4 Å². The van der Waals surface area contributed by atoms with E-state index in [0.29, 0.717) is 16.6 Å². The lowest BCUT2D eigenvalue weighted by molar-refractivity contribution is 1.15. The molecule has 2 nitrogen and oxygen atoms in total. The highest BCUT2D eigenvalue weighted by atomic mass is 35.5. The quantitative estimate of drug-likeness (QED) is 0.693. The molecule has 0 unspecified atom stereocenters. The predicted octanol–water partition coefficient (Wildman–Crippen LogP) is 5.46. The van der Waals surface area contributed by atoms with Gasteiger partial charge in [0.05, 0.1) is 11.2 Å². The number of para-hydroxylation sites is 1. The Bertz CT molecular complexity index is 800. The first kappa shape index (κ1) is 14.2. The molecule has 0 aliphatic carbocycles. The maximum absolute atomic E-state index is 6.20. The molecule has 0 amide bonds. The molecule has 0 radical (unpaired) electrons. The number of nitrogens with zero attached hydrogens (tertiary/aromatic N) is 1. The van der Waals surface area contributed by atoms with Crippen molar-refractivity contribution in [2.45, 2.75) is 13.5 Å². The number of aryl methyl sites for hydroxylation is 1. The molecular weight excluding hydrogens is 303 g/mol. The number of hydrogen-bond donors (Lipinski definition) is 1. The Morgan fingerprint density at radius 1 is 1.05 bits per heavy atom. The van der Waals surface area contributed by atoms with Gasteiger partial charge in [0, 0.05) is 27.7 Å². The Morgan fingerprint density at radius 2 is 1.90 bits per heavy atom. The number of hydrogen-bond acceptors (Lipinski definition) is 2. The third kappa shape index (κ3) is 3.12. The van der Waals surface area contributed by atoms with E-state index in [9.17, 15) is 0 Å². The summed E-state index contributed by atoms with van der Waals surface area (Å²) in [5, 5.41) is 5.83. The highest BCUT2D eigenvalue weighted by molar-refractivity contribution is 6.35. The van der Waals surface area contributed by atoms with Crippen molar-refractivity contribution in [3.8, 4) is 0 Å². The van der Waals surface area contributed by atoms with Crippen LogP contribution in [-0.4, -0.2) is 4.98 Å². The number of nitrogens with one attached hydrogen (secondary N) is 1. The van der Waals surface area contributed by atoms with Gasteiger partial charge in [-0.1, -0.05) is 47.5 Å². The summed E-state index contributed by atoms with van der Waals surface area (Å²) < 4.78 is 0. The van der Waals surface area contributed by atoms with Crippen molar-refractivity contribution in [1.29, 1.82) is 0 Å². The summed E-state index contributed by atoms with van der Waals surface area (Å²) in [5.41, 5.74) is 3.98. The number of rotatable bonds is 3. The molecule has 0 atom stereocenters. The fourth-order valence-electron chi connectivity index (χ4n) is 2.24. The minimum absolute atomic E-state index is 0.630. The highest BCUT2D eigenvalue weighted by Crippen LogP contribution is 2.25. The lowest BCUT2D eigenvalue weighted by Crippen LogP contribution is -2.01. The van der Waals surface area contributed by atoms with Crippen LogP contribution in [0.1, 0.15) is 11.3 Å². The van der Waals surface area contributed by atoms with E-state index < -0.39 is 0 Å². The van der Waals surface area contributed by atoms with Crippen molar-refractivity contribution in [3.63, 3.8) is 0 Å². The van der Waals surface area contributed by atoms with Gasteiger partial charge in [0.1, 0.15) is 0 Å². The lowest BCUT2D eigenvalue weighted by atomic mass is 10.1. The van der Waals surface area contributed by atoms with Gasteiger partial charge in [-0.25, -0.2) is 0 Å². The molecule has 0 saturated carbocycles. The third-order valence-electron chi connectivity index (χ3n) is 3.34. The van der Waals surface area contributed by atoms with Crippen LogP contribution in [0.25, 0.3) is 10.9 Å². The summed E-state index contributed by atoms with van der Waals surface area (Å²) in [4.78, 5) is 4.61. The molecule has 0 aliphatic heterocycles. The molecule has 21 heavy (non-hydrogen) atoms. The second kappa shape index (κ2) is 5.92. The standard InChI is InChI=1S/C17H14Cl2N2/c1-11-5-6-12-3-2-4-16(17(12)21-11)20-10-13-7-8-14(18)9-15(13)19/h2-9,20H,10H2,1H3. The van der Waals surface area contributed by atoms with Crippen LogP contribution >= 0.6 is 23.2 Å². The Labute approximate surface area is 133 Å². The molecule has 0 fully saturated rings.